The van der Waals surface area contributed by atoms with Crippen LogP contribution in [0.15, 0.2) is 18.2 Å². The van der Waals surface area contributed by atoms with Gasteiger partial charge in [0.2, 0.25) is 0 Å². The summed E-state index contributed by atoms with van der Waals surface area (Å²) < 4.78 is 5.56. The Morgan fingerprint density at radius 2 is 2.05 bits per heavy atom. The number of rotatable bonds is 5. The smallest absolute Gasteiger partial charge is 0.123 e. The monoisotopic (exact) mass is 261 g/mol. The lowest BCUT2D eigenvalue weighted by atomic mass is 9.89. The molecule has 0 radical (unpaired) electrons. The number of benzene rings is 1. The number of hydrogen-bond acceptors (Lipinski definition) is 2. The van der Waals surface area contributed by atoms with E-state index in [9.17, 15) is 0 Å². The van der Waals surface area contributed by atoms with Crippen molar-refractivity contribution in [2.24, 2.45) is 0 Å². The third kappa shape index (κ3) is 3.30. The Bertz CT molecular complexity index is 392. The Hall–Kier alpha value is -1.02. The summed E-state index contributed by atoms with van der Waals surface area (Å²) in [5.74, 6) is 1.71. The van der Waals surface area contributed by atoms with Crippen LogP contribution in [0.5, 0.6) is 5.75 Å². The van der Waals surface area contributed by atoms with Crippen LogP contribution >= 0.6 is 0 Å². The lowest BCUT2D eigenvalue weighted by Gasteiger charge is -2.26. The first-order valence-corrected chi connectivity index (χ1v) is 7.71. The second kappa shape index (κ2) is 6.95. The van der Waals surface area contributed by atoms with Crippen molar-refractivity contribution in [3.8, 4) is 5.75 Å². The summed E-state index contributed by atoms with van der Waals surface area (Å²) in [5.41, 5.74) is 2.82. The number of ether oxygens (including phenoxy) is 1. The highest BCUT2D eigenvalue weighted by atomic mass is 16.5. The predicted molar refractivity (Wildman–Crippen MR) is 80.9 cm³/mol. The zero-order chi connectivity index (χ0) is 13.7. The molecule has 1 fully saturated rings. The number of methoxy groups -OCH3 is 1. The van der Waals surface area contributed by atoms with Crippen molar-refractivity contribution in [2.45, 2.75) is 57.9 Å². The summed E-state index contributed by atoms with van der Waals surface area (Å²) in [5, 5.41) is 3.63. The van der Waals surface area contributed by atoms with E-state index < -0.39 is 0 Å². The lowest BCUT2D eigenvalue weighted by molar-refractivity contribution is 0.373. The molecule has 2 nitrogen and oxygen atoms in total. The second-order valence-electron chi connectivity index (χ2n) is 5.52. The molecule has 1 aromatic rings. The van der Waals surface area contributed by atoms with Crippen molar-refractivity contribution in [1.82, 2.24) is 5.32 Å². The molecule has 1 N–H and O–H groups in total. The molecule has 0 bridgehead atoms. The van der Waals surface area contributed by atoms with Crippen molar-refractivity contribution < 1.29 is 4.74 Å². The maximum Gasteiger partial charge on any atom is 0.123 e. The van der Waals surface area contributed by atoms with Crippen molar-refractivity contribution in [3.05, 3.63) is 29.3 Å². The van der Waals surface area contributed by atoms with Crippen LogP contribution in [0, 0.1) is 0 Å². The molecule has 0 amide bonds. The maximum atomic E-state index is 5.56. The average Bonchev–Trinajstić information content (AvgIpc) is 2.49. The summed E-state index contributed by atoms with van der Waals surface area (Å²) in [6.07, 6.45) is 6.25. The van der Waals surface area contributed by atoms with E-state index in [1.807, 2.05) is 0 Å². The van der Waals surface area contributed by atoms with Gasteiger partial charge in [-0.25, -0.2) is 0 Å². The van der Waals surface area contributed by atoms with Gasteiger partial charge in [0.1, 0.15) is 5.75 Å². The molecule has 2 rings (SSSR count). The Morgan fingerprint density at radius 1 is 1.26 bits per heavy atom. The van der Waals surface area contributed by atoms with Gasteiger partial charge in [0.05, 0.1) is 7.11 Å². The van der Waals surface area contributed by atoms with Gasteiger partial charge < -0.3 is 10.1 Å². The minimum Gasteiger partial charge on any atom is -0.496 e. The van der Waals surface area contributed by atoms with Gasteiger partial charge in [-0.15, -0.1) is 0 Å². The first-order chi connectivity index (χ1) is 9.30. The highest BCUT2D eigenvalue weighted by molar-refractivity contribution is 5.41. The normalized spacial score (nSPS) is 19.7. The zero-order valence-corrected chi connectivity index (χ0v) is 12.5. The Balaban J connectivity index is 2.29. The molecule has 1 saturated heterocycles. The molecule has 19 heavy (non-hydrogen) atoms. The molecule has 1 unspecified atom stereocenters. The van der Waals surface area contributed by atoms with Crippen LogP contribution in [0.2, 0.25) is 0 Å². The Labute approximate surface area is 117 Å². The Morgan fingerprint density at radius 3 is 2.63 bits per heavy atom. The molecule has 0 aromatic heterocycles. The van der Waals surface area contributed by atoms with Crippen molar-refractivity contribution in [3.63, 3.8) is 0 Å². The zero-order valence-electron chi connectivity index (χ0n) is 12.5. The molecule has 1 atom stereocenters. The summed E-state index contributed by atoms with van der Waals surface area (Å²) in [6.45, 7) is 5.68. The average molecular weight is 261 g/mol. The van der Waals surface area contributed by atoms with Gasteiger partial charge in [-0.3, -0.25) is 0 Å². The molecule has 106 valence electrons. The van der Waals surface area contributed by atoms with Gasteiger partial charge in [0.25, 0.3) is 0 Å². The number of nitrogens with one attached hydrogen (secondary N) is 1. The summed E-state index contributed by atoms with van der Waals surface area (Å²) in [4.78, 5) is 0. The van der Waals surface area contributed by atoms with Crippen LogP contribution in [0.3, 0.4) is 0 Å². The first kappa shape index (κ1) is 14.4. The number of hydrogen-bond donors (Lipinski definition) is 1. The van der Waals surface area contributed by atoms with E-state index in [1.54, 1.807) is 7.11 Å². The molecule has 1 aliphatic rings. The molecule has 1 aromatic carbocycles. The quantitative estimate of drug-likeness (QED) is 0.847. The van der Waals surface area contributed by atoms with Crippen molar-refractivity contribution >= 4 is 0 Å². The topological polar surface area (TPSA) is 21.3 Å². The standard InChI is InChI=1S/C17H27NO/c1-4-13(5-2)14-9-10-17(19-3)15(12-14)16-8-6-7-11-18-16/h9-10,12-13,16,18H,4-8,11H2,1-3H3. The fraction of sp³-hybridized carbons (Fsp3) is 0.647. The molecule has 1 aliphatic heterocycles. The fourth-order valence-electron chi connectivity index (χ4n) is 3.16. The van der Waals surface area contributed by atoms with Crippen LogP contribution in [0.4, 0.5) is 0 Å². The molecule has 2 heteroatoms. The number of piperidine rings is 1. The van der Waals surface area contributed by atoms with Crippen LogP contribution in [-0.4, -0.2) is 13.7 Å². The SMILES string of the molecule is CCC(CC)c1ccc(OC)c(C2CCCCN2)c1. The van der Waals surface area contributed by atoms with Gasteiger partial charge in [0.15, 0.2) is 0 Å². The fourth-order valence-corrected chi connectivity index (χ4v) is 3.16. The van der Waals surface area contributed by atoms with E-state index in [1.165, 1.54) is 43.2 Å². The van der Waals surface area contributed by atoms with E-state index >= 15 is 0 Å². The van der Waals surface area contributed by atoms with Crippen molar-refractivity contribution in [1.29, 1.82) is 0 Å². The summed E-state index contributed by atoms with van der Waals surface area (Å²) in [7, 11) is 1.78. The van der Waals surface area contributed by atoms with Gasteiger partial charge in [-0.2, -0.15) is 0 Å². The maximum absolute atomic E-state index is 5.56. The van der Waals surface area contributed by atoms with Gasteiger partial charge in [-0.05, 0) is 49.8 Å². The van der Waals surface area contributed by atoms with Gasteiger partial charge >= 0.3 is 0 Å². The predicted octanol–water partition coefficient (Wildman–Crippen LogP) is 4.41. The summed E-state index contributed by atoms with van der Waals surface area (Å²) in [6, 6.07) is 7.24. The van der Waals surface area contributed by atoms with Crippen molar-refractivity contribution in [2.75, 3.05) is 13.7 Å². The van der Waals surface area contributed by atoms with E-state index in [-0.39, 0.29) is 0 Å². The first-order valence-electron chi connectivity index (χ1n) is 7.71. The minimum atomic E-state index is 0.470. The van der Waals surface area contributed by atoms with E-state index in [2.05, 4.69) is 37.4 Å². The van der Waals surface area contributed by atoms with Crippen LogP contribution in [0.25, 0.3) is 0 Å². The Kier molecular flexibility index (Phi) is 5.26. The molecular weight excluding hydrogens is 234 g/mol. The third-order valence-corrected chi connectivity index (χ3v) is 4.40. The molecule has 0 spiro atoms. The van der Waals surface area contributed by atoms with Crippen LogP contribution in [-0.2, 0) is 0 Å². The van der Waals surface area contributed by atoms with Crippen LogP contribution in [0.1, 0.15) is 69.0 Å². The van der Waals surface area contributed by atoms with E-state index in [0.717, 1.165) is 12.3 Å². The van der Waals surface area contributed by atoms with Crippen LogP contribution < -0.4 is 10.1 Å². The molecule has 0 aliphatic carbocycles. The highest BCUT2D eigenvalue weighted by Gasteiger charge is 2.20. The lowest BCUT2D eigenvalue weighted by Crippen LogP contribution is -2.27. The van der Waals surface area contributed by atoms with Gasteiger partial charge in [-0.1, -0.05) is 32.4 Å². The molecule has 0 saturated carbocycles. The van der Waals surface area contributed by atoms with E-state index in [4.69, 9.17) is 4.74 Å². The minimum absolute atomic E-state index is 0.470. The largest absolute Gasteiger partial charge is 0.496 e. The molecule has 1 heterocycles. The third-order valence-electron chi connectivity index (χ3n) is 4.40. The molecular formula is C17H27NO. The summed E-state index contributed by atoms with van der Waals surface area (Å²) >= 11 is 0. The highest BCUT2D eigenvalue weighted by Crippen LogP contribution is 2.34. The van der Waals surface area contributed by atoms with Gasteiger partial charge in [0, 0.05) is 11.6 Å². The second-order valence-corrected chi connectivity index (χ2v) is 5.52. The van der Waals surface area contributed by atoms with E-state index in [0.29, 0.717) is 12.0 Å².